The van der Waals surface area contributed by atoms with Crippen molar-refractivity contribution < 1.29 is 26.4 Å². The Labute approximate surface area is 159 Å². The van der Waals surface area contributed by atoms with Gasteiger partial charge in [0.2, 0.25) is 5.91 Å². The second-order valence-electron chi connectivity index (χ2n) is 6.61. The molecule has 2 atom stereocenters. The first-order valence-corrected chi connectivity index (χ1v) is 11.3. The van der Waals surface area contributed by atoms with E-state index >= 15 is 0 Å². The number of unbranched alkanes of at least 4 members (excludes halogenated alkanes) is 1. The molecule has 2 aliphatic heterocycles. The molecule has 148 valence electrons. The molecular formula is C17H19F3N2O3S2. The number of rotatable bonds is 4. The lowest BCUT2D eigenvalue weighted by Gasteiger charge is -2.25. The van der Waals surface area contributed by atoms with Crippen LogP contribution in [0.4, 0.5) is 18.9 Å². The second-order valence-corrected chi connectivity index (χ2v) is 9.97. The summed E-state index contributed by atoms with van der Waals surface area (Å²) in [4.78, 5) is 17.7. The highest BCUT2D eigenvalue weighted by atomic mass is 32.2. The van der Waals surface area contributed by atoms with Crippen LogP contribution in [0.2, 0.25) is 0 Å². The zero-order valence-electron chi connectivity index (χ0n) is 14.6. The number of halogens is 3. The smallest absolute Gasteiger partial charge is 0.316 e. The van der Waals surface area contributed by atoms with Crippen molar-refractivity contribution in [2.75, 3.05) is 16.4 Å². The van der Waals surface area contributed by atoms with Gasteiger partial charge in [-0.2, -0.15) is 18.2 Å². The van der Waals surface area contributed by atoms with Gasteiger partial charge in [-0.1, -0.05) is 31.2 Å². The number of amides is 1. The number of anilines is 1. The van der Waals surface area contributed by atoms with E-state index < -0.39 is 27.6 Å². The number of hydrogen-bond acceptors (Lipinski definition) is 4. The van der Waals surface area contributed by atoms with Gasteiger partial charge < -0.3 is 4.90 Å². The predicted octanol–water partition coefficient (Wildman–Crippen LogP) is 3.50. The van der Waals surface area contributed by atoms with Gasteiger partial charge in [0.15, 0.2) is 15.0 Å². The van der Waals surface area contributed by atoms with E-state index in [4.69, 9.17) is 0 Å². The first-order chi connectivity index (χ1) is 12.6. The van der Waals surface area contributed by atoms with E-state index in [1.807, 2.05) is 6.92 Å². The molecule has 3 rings (SSSR count). The van der Waals surface area contributed by atoms with Crippen molar-refractivity contribution in [2.45, 2.75) is 43.7 Å². The summed E-state index contributed by atoms with van der Waals surface area (Å²) in [5.74, 6) is -0.581. The van der Waals surface area contributed by atoms with Gasteiger partial charge >= 0.3 is 6.18 Å². The SMILES string of the molecule is CCCCC(=O)N=C1S[C@@H]2CS(=O)(=O)C[C@H]2N1c1cccc(C(F)(F)F)c1. The third-order valence-electron chi connectivity index (χ3n) is 4.48. The van der Waals surface area contributed by atoms with E-state index in [1.165, 1.54) is 17.0 Å². The number of sulfone groups is 1. The summed E-state index contributed by atoms with van der Waals surface area (Å²) < 4.78 is 63.2. The van der Waals surface area contributed by atoms with Crippen molar-refractivity contribution in [3.8, 4) is 0 Å². The zero-order chi connectivity index (χ0) is 19.8. The van der Waals surface area contributed by atoms with Gasteiger partial charge in [-0.3, -0.25) is 4.79 Å². The summed E-state index contributed by atoms with van der Waals surface area (Å²) in [6, 6.07) is 4.16. The average Bonchev–Trinajstić information content (AvgIpc) is 3.03. The van der Waals surface area contributed by atoms with E-state index in [1.54, 1.807) is 0 Å². The minimum absolute atomic E-state index is 0.0695. The summed E-state index contributed by atoms with van der Waals surface area (Å²) in [6.07, 6.45) is -2.77. The number of benzene rings is 1. The average molecular weight is 420 g/mol. The largest absolute Gasteiger partial charge is 0.416 e. The Balaban J connectivity index is 1.98. The molecule has 10 heteroatoms. The predicted molar refractivity (Wildman–Crippen MR) is 99.7 cm³/mol. The van der Waals surface area contributed by atoms with Gasteiger partial charge in [0.1, 0.15) is 0 Å². The van der Waals surface area contributed by atoms with Crippen LogP contribution in [0, 0.1) is 0 Å². The molecule has 0 saturated carbocycles. The lowest BCUT2D eigenvalue weighted by Crippen LogP contribution is -2.37. The topological polar surface area (TPSA) is 66.8 Å². The maximum Gasteiger partial charge on any atom is 0.416 e. The summed E-state index contributed by atoms with van der Waals surface area (Å²) in [5.41, 5.74) is -0.630. The number of hydrogen-bond donors (Lipinski definition) is 0. The third-order valence-corrected chi connectivity index (χ3v) is 7.69. The van der Waals surface area contributed by atoms with Crippen LogP contribution < -0.4 is 4.90 Å². The zero-order valence-corrected chi connectivity index (χ0v) is 16.2. The van der Waals surface area contributed by atoms with E-state index in [2.05, 4.69) is 4.99 Å². The maximum absolute atomic E-state index is 13.1. The summed E-state index contributed by atoms with van der Waals surface area (Å²) in [5, 5.41) is -0.0670. The van der Waals surface area contributed by atoms with Crippen LogP contribution in [0.5, 0.6) is 0 Å². The standard InChI is InChI=1S/C17H19F3N2O3S2/c1-2-3-7-15(23)21-16-22(13-9-27(24,25)10-14(13)26-16)12-6-4-5-11(8-12)17(18,19)20/h4-6,8,13-14H,2-3,7,9-10H2,1H3/t13-,14-/m1/s1. The maximum atomic E-state index is 13.1. The van der Waals surface area contributed by atoms with Crippen LogP contribution in [-0.4, -0.2) is 42.3 Å². The number of thioether (sulfide) groups is 1. The molecule has 0 N–H and O–H groups in total. The van der Waals surface area contributed by atoms with Gasteiger partial charge in [0.05, 0.1) is 23.1 Å². The molecule has 0 aliphatic carbocycles. The molecule has 27 heavy (non-hydrogen) atoms. The Bertz CT molecular complexity index is 868. The molecule has 0 bridgehead atoms. The summed E-state index contributed by atoms with van der Waals surface area (Å²) >= 11 is 1.16. The number of aliphatic imine (C=N–C) groups is 1. The molecule has 1 aromatic rings. The van der Waals surface area contributed by atoms with Gasteiger partial charge in [0.25, 0.3) is 0 Å². The van der Waals surface area contributed by atoms with Crippen LogP contribution in [0.25, 0.3) is 0 Å². The van der Waals surface area contributed by atoms with Gasteiger partial charge in [-0.25, -0.2) is 8.42 Å². The number of fused-ring (bicyclic) bond motifs is 1. The van der Waals surface area contributed by atoms with Gasteiger partial charge in [-0.05, 0) is 24.6 Å². The molecule has 0 unspecified atom stereocenters. The number of carbonyl (C=O) groups is 1. The summed E-state index contributed by atoms with van der Waals surface area (Å²) in [7, 11) is -3.28. The monoisotopic (exact) mass is 420 g/mol. The molecule has 0 radical (unpaired) electrons. The van der Waals surface area contributed by atoms with E-state index in [0.29, 0.717) is 6.42 Å². The van der Waals surface area contributed by atoms with Crippen molar-refractivity contribution in [2.24, 2.45) is 4.99 Å². The number of carbonyl (C=O) groups excluding carboxylic acids is 1. The van der Waals surface area contributed by atoms with E-state index in [-0.39, 0.29) is 39.9 Å². The highest BCUT2D eigenvalue weighted by Gasteiger charge is 2.49. The molecule has 2 fully saturated rings. The van der Waals surface area contributed by atoms with Crippen molar-refractivity contribution in [1.29, 1.82) is 0 Å². The first-order valence-electron chi connectivity index (χ1n) is 8.56. The fourth-order valence-electron chi connectivity index (χ4n) is 3.19. The Morgan fingerprint density at radius 3 is 2.74 bits per heavy atom. The quantitative estimate of drug-likeness (QED) is 0.746. The molecule has 5 nitrogen and oxygen atoms in total. The molecule has 2 saturated heterocycles. The summed E-state index contributed by atoms with van der Waals surface area (Å²) in [6.45, 7) is 1.94. The molecule has 1 aromatic carbocycles. The first kappa shape index (κ1) is 20.2. The minimum Gasteiger partial charge on any atom is -0.316 e. The number of amidine groups is 1. The molecule has 0 aromatic heterocycles. The molecular weight excluding hydrogens is 401 g/mol. The van der Waals surface area contributed by atoms with E-state index in [9.17, 15) is 26.4 Å². The van der Waals surface area contributed by atoms with Crippen molar-refractivity contribution in [3.05, 3.63) is 29.8 Å². The van der Waals surface area contributed by atoms with Crippen LogP contribution in [0.1, 0.15) is 31.7 Å². The molecule has 2 heterocycles. The second kappa shape index (κ2) is 7.46. The van der Waals surface area contributed by atoms with E-state index in [0.717, 1.165) is 30.3 Å². The fraction of sp³-hybridized carbons (Fsp3) is 0.529. The number of nitrogens with zero attached hydrogens (tertiary/aromatic N) is 2. The van der Waals surface area contributed by atoms with Crippen LogP contribution in [0.15, 0.2) is 29.3 Å². The van der Waals surface area contributed by atoms with Crippen LogP contribution in [0.3, 0.4) is 0 Å². The highest BCUT2D eigenvalue weighted by molar-refractivity contribution is 8.16. The Morgan fingerprint density at radius 2 is 2.07 bits per heavy atom. The Kier molecular flexibility index (Phi) is 5.58. The third kappa shape index (κ3) is 4.48. The van der Waals surface area contributed by atoms with Crippen molar-refractivity contribution in [3.63, 3.8) is 0 Å². The fourth-order valence-corrected chi connectivity index (χ4v) is 7.12. The van der Waals surface area contributed by atoms with Crippen LogP contribution >= 0.6 is 11.8 Å². The van der Waals surface area contributed by atoms with Gasteiger partial charge in [-0.15, -0.1) is 0 Å². The van der Waals surface area contributed by atoms with Crippen LogP contribution in [-0.2, 0) is 20.8 Å². The number of alkyl halides is 3. The van der Waals surface area contributed by atoms with Crippen molar-refractivity contribution >= 4 is 38.4 Å². The Morgan fingerprint density at radius 1 is 1.33 bits per heavy atom. The van der Waals surface area contributed by atoms with Gasteiger partial charge in [0, 0.05) is 17.4 Å². The Hall–Kier alpha value is -1.55. The molecule has 0 spiro atoms. The lowest BCUT2D eigenvalue weighted by molar-refractivity contribution is -0.137. The normalized spacial score (nSPS) is 25.8. The van der Waals surface area contributed by atoms with Crippen molar-refractivity contribution in [1.82, 2.24) is 0 Å². The molecule has 1 amide bonds. The highest BCUT2D eigenvalue weighted by Crippen LogP contribution is 2.42. The lowest BCUT2D eigenvalue weighted by atomic mass is 10.1. The molecule has 2 aliphatic rings. The minimum atomic E-state index is -4.52.